The molecule has 0 bridgehead atoms. The highest BCUT2D eigenvalue weighted by atomic mass is 35.5. The van der Waals surface area contributed by atoms with Crippen molar-refractivity contribution in [2.75, 3.05) is 31.1 Å². The van der Waals surface area contributed by atoms with E-state index >= 15 is 0 Å². The fourth-order valence-electron chi connectivity index (χ4n) is 4.45. The van der Waals surface area contributed by atoms with Gasteiger partial charge in [-0.1, -0.05) is 29.8 Å². The number of amides is 1. The van der Waals surface area contributed by atoms with Crippen molar-refractivity contribution in [1.82, 2.24) is 4.90 Å². The topological polar surface area (TPSA) is 32.8 Å². The van der Waals surface area contributed by atoms with E-state index < -0.39 is 6.10 Å². The summed E-state index contributed by atoms with van der Waals surface area (Å²) in [4.78, 5) is 17.2. The zero-order valence-corrected chi connectivity index (χ0v) is 18.0. The Balaban J connectivity index is 1.38. The molecule has 2 aromatic carbocycles. The molecule has 1 saturated heterocycles. The number of carbonyl (C=O) groups is 1. The number of aryl methyl sites for hydroxylation is 2. The third-order valence-electron chi connectivity index (χ3n) is 6.11. The minimum Gasteiger partial charge on any atom is -0.481 e. The average Bonchev–Trinajstić information content (AvgIpc) is 2.75. The number of halogens is 1. The van der Waals surface area contributed by atoms with Crippen LogP contribution in [0, 0.1) is 6.92 Å². The molecule has 1 unspecified atom stereocenters. The number of fused-ring (bicyclic) bond motifs is 1. The molecule has 1 aliphatic heterocycles. The van der Waals surface area contributed by atoms with Crippen LogP contribution in [0.2, 0.25) is 5.02 Å². The summed E-state index contributed by atoms with van der Waals surface area (Å²) in [6.07, 6.45) is 4.12. The Kier molecular flexibility index (Phi) is 6.00. The number of piperazine rings is 1. The Morgan fingerprint density at radius 2 is 1.83 bits per heavy atom. The highest BCUT2D eigenvalue weighted by molar-refractivity contribution is 6.30. The molecule has 1 heterocycles. The Bertz CT molecular complexity index is 890. The van der Waals surface area contributed by atoms with Gasteiger partial charge in [0, 0.05) is 36.9 Å². The molecule has 0 N–H and O–H groups in total. The zero-order chi connectivity index (χ0) is 20.4. The molecule has 1 atom stereocenters. The largest absolute Gasteiger partial charge is 0.481 e. The predicted molar refractivity (Wildman–Crippen MR) is 118 cm³/mol. The van der Waals surface area contributed by atoms with E-state index in [4.69, 9.17) is 16.3 Å². The summed E-state index contributed by atoms with van der Waals surface area (Å²) in [6, 6.07) is 12.2. The minimum absolute atomic E-state index is 0.0703. The van der Waals surface area contributed by atoms with Gasteiger partial charge in [0.2, 0.25) is 0 Å². The van der Waals surface area contributed by atoms with Crippen LogP contribution in [0.25, 0.3) is 0 Å². The Hall–Kier alpha value is -2.20. The summed E-state index contributed by atoms with van der Waals surface area (Å²) >= 11 is 6.18. The SMILES string of the molecule is Cc1ccc(Cl)cc1N1CCN(C(=O)C(C)Oc2cccc3c2CCCC3)CC1. The van der Waals surface area contributed by atoms with Gasteiger partial charge in [0.1, 0.15) is 5.75 Å². The van der Waals surface area contributed by atoms with Gasteiger partial charge >= 0.3 is 0 Å². The number of carbonyl (C=O) groups excluding carboxylic acids is 1. The van der Waals surface area contributed by atoms with Gasteiger partial charge < -0.3 is 14.5 Å². The number of rotatable bonds is 4. The van der Waals surface area contributed by atoms with Crippen LogP contribution in [0.3, 0.4) is 0 Å². The van der Waals surface area contributed by atoms with Gasteiger partial charge in [-0.25, -0.2) is 0 Å². The van der Waals surface area contributed by atoms with Crippen molar-refractivity contribution in [1.29, 1.82) is 0 Å². The Morgan fingerprint density at radius 1 is 1.07 bits per heavy atom. The van der Waals surface area contributed by atoms with Crippen molar-refractivity contribution < 1.29 is 9.53 Å². The maximum Gasteiger partial charge on any atom is 0.263 e. The van der Waals surface area contributed by atoms with Crippen molar-refractivity contribution in [2.24, 2.45) is 0 Å². The van der Waals surface area contributed by atoms with E-state index in [2.05, 4.69) is 17.9 Å². The fourth-order valence-corrected chi connectivity index (χ4v) is 4.61. The quantitative estimate of drug-likeness (QED) is 0.733. The first-order chi connectivity index (χ1) is 14.0. The number of ether oxygens (including phenoxy) is 1. The van der Waals surface area contributed by atoms with Crippen molar-refractivity contribution in [3.05, 3.63) is 58.1 Å². The Morgan fingerprint density at radius 3 is 2.62 bits per heavy atom. The van der Waals surface area contributed by atoms with Crippen molar-refractivity contribution in [3.8, 4) is 5.75 Å². The molecule has 1 amide bonds. The molecular formula is C24H29ClN2O2. The highest BCUT2D eigenvalue weighted by Gasteiger charge is 2.27. The first-order valence-corrected chi connectivity index (χ1v) is 11.0. The third kappa shape index (κ3) is 4.37. The zero-order valence-electron chi connectivity index (χ0n) is 17.3. The molecule has 4 rings (SSSR count). The van der Waals surface area contributed by atoms with E-state index in [1.54, 1.807) is 0 Å². The average molecular weight is 413 g/mol. The summed E-state index contributed by atoms with van der Waals surface area (Å²) < 4.78 is 6.15. The molecule has 2 aromatic rings. The van der Waals surface area contributed by atoms with Crippen LogP contribution in [0.5, 0.6) is 5.75 Å². The van der Waals surface area contributed by atoms with Crippen LogP contribution in [0.1, 0.15) is 36.5 Å². The fraction of sp³-hybridized carbons (Fsp3) is 0.458. The summed E-state index contributed by atoms with van der Waals surface area (Å²) in [7, 11) is 0. The van der Waals surface area contributed by atoms with Crippen LogP contribution < -0.4 is 9.64 Å². The van der Waals surface area contributed by atoms with Gasteiger partial charge in [-0.05, 0) is 74.4 Å². The first-order valence-electron chi connectivity index (χ1n) is 10.6. The van der Waals surface area contributed by atoms with Gasteiger partial charge in [-0.15, -0.1) is 0 Å². The smallest absolute Gasteiger partial charge is 0.263 e. The maximum atomic E-state index is 13.0. The van der Waals surface area contributed by atoms with Gasteiger partial charge in [0.15, 0.2) is 6.10 Å². The maximum absolute atomic E-state index is 13.0. The van der Waals surface area contributed by atoms with Gasteiger partial charge in [0.05, 0.1) is 0 Å². The van der Waals surface area contributed by atoms with E-state index in [9.17, 15) is 4.79 Å². The summed E-state index contributed by atoms with van der Waals surface area (Å²) in [5.74, 6) is 0.956. The molecule has 0 spiro atoms. The van der Waals surface area contributed by atoms with Crippen LogP contribution >= 0.6 is 11.6 Å². The van der Waals surface area contributed by atoms with E-state index in [1.807, 2.05) is 42.2 Å². The molecule has 0 saturated carbocycles. The molecule has 0 radical (unpaired) electrons. The van der Waals surface area contributed by atoms with E-state index in [-0.39, 0.29) is 5.91 Å². The molecule has 1 fully saturated rings. The van der Waals surface area contributed by atoms with Crippen LogP contribution in [-0.2, 0) is 17.6 Å². The minimum atomic E-state index is -0.470. The second-order valence-electron chi connectivity index (χ2n) is 8.10. The monoisotopic (exact) mass is 412 g/mol. The van der Waals surface area contributed by atoms with E-state index in [0.29, 0.717) is 13.1 Å². The lowest BCUT2D eigenvalue weighted by molar-refractivity contribution is -0.138. The van der Waals surface area contributed by atoms with Crippen LogP contribution in [-0.4, -0.2) is 43.1 Å². The summed E-state index contributed by atoms with van der Waals surface area (Å²) in [6.45, 7) is 6.98. The van der Waals surface area contributed by atoms with Gasteiger partial charge in [-0.2, -0.15) is 0 Å². The third-order valence-corrected chi connectivity index (χ3v) is 6.34. The number of nitrogens with zero attached hydrogens (tertiary/aromatic N) is 2. The molecule has 5 heteroatoms. The standard InChI is InChI=1S/C24H29ClN2O2/c1-17-10-11-20(25)16-22(17)26-12-14-27(15-13-26)24(28)18(2)29-23-9-5-7-19-6-3-4-8-21(19)23/h5,7,9-11,16,18H,3-4,6,8,12-15H2,1-2H3. The molecule has 2 aliphatic rings. The summed E-state index contributed by atoms with van der Waals surface area (Å²) in [5, 5.41) is 0.748. The van der Waals surface area contributed by atoms with Gasteiger partial charge in [0.25, 0.3) is 5.91 Å². The first kappa shape index (κ1) is 20.1. The van der Waals surface area contributed by atoms with Crippen LogP contribution in [0.4, 0.5) is 5.69 Å². The normalized spacial score (nSPS) is 17.6. The highest BCUT2D eigenvalue weighted by Crippen LogP contribution is 2.30. The molecule has 29 heavy (non-hydrogen) atoms. The predicted octanol–water partition coefficient (Wildman–Crippen LogP) is 4.64. The molecule has 4 nitrogen and oxygen atoms in total. The van der Waals surface area contributed by atoms with Gasteiger partial charge in [-0.3, -0.25) is 4.79 Å². The molecule has 154 valence electrons. The van der Waals surface area contributed by atoms with E-state index in [1.165, 1.54) is 29.5 Å². The molecule has 0 aromatic heterocycles. The van der Waals surface area contributed by atoms with Crippen molar-refractivity contribution in [3.63, 3.8) is 0 Å². The lowest BCUT2D eigenvalue weighted by Crippen LogP contribution is -2.52. The molecule has 1 aliphatic carbocycles. The number of hydrogen-bond donors (Lipinski definition) is 0. The number of benzene rings is 2. The lowest BCUT2D eigenvalue weighted by atomic mass is 9.91. The lowest BCUT2D eigenvalue weighted by Gasteiger charge is -2.37. The Labute approximate surface area is 178 Å². The van der Waals surface area contributed by atoms with E-state index in [0.717, 1.165) is 42.4 Å². The second kappa shape index (κ2) is 8.66. The van der Waals surface area contributed by atoms with Crippen LogP contribution in [0.15, 0.2) is 36.4 Å². The second-order valence-corrected chi connectivity index (χ2v) is 8.54. The van der Waals surface area contributed by atoms with Crippen molar-refractivity contribution in [2.45, 2.75) is 45.6 Å². The number of anilines is 1. The van der Waals surface area contributed by atoms with Crippen molar-refractivity contribution >= 4 is 23.2 Å². The summed E-state index contributed by atoms with van der Waals surface area (Å²) in [5.41, 5.74) is 5.03. The molecular weight excluding hydrogens is 384 g/mol. The number of hydrogen-bond acceptors (Lipinski definition) is 3.